The van der Waals surface area contributed by atoms with E-state index in [9.17, 15) is 19.8 Å². The molecule has 2 atom stereocenters. The van der Waals surface area contributed by atoms with Gasteiger partial charge in [0.1, 0.15) is 0 Å². The number of unbranched alkanes of at least 4 members (excludes halogenated alkanes) is 33. The average molecular weight is 844 g/mol. The van der Waals surface area contributed by atoms with E-state index < -0.39 is 12.1 Å². The Morgan fingerprint density at radius 3 is 1.32 bits per heavy atom. The first-order valence-corrected chi connectivity index (χ1v) is 26.3. The molecule has 0 aliphatic carbocycles. The predicted octanol–water partition coefficient (Wildman–Crippen LogP) is 15.7. The Labute approximate surface area is 373 Å². The third-order valence-electron chi connectivity index (χ3n) is 11.9. The molecule has 0 aromatic rings. The number of allylic oxidation sites excluding steroid dienone is 5. The summed E-state index contributed by atoms with van der Waals surface area (Å²) in [6.07, 6.45) is 60.1. The molecule has 6 nitrogen and oxygen atoms in total. The van der Waals surface area contributed by atoms with Gasteiger partial charge in [-0.1, -0.05) is 237 Å². The van der Waals surface area contributed by atoms with Crippen molar-refractivity contribution in [2.75, 3.05) is 13.2 Å². The third kappa shape index (κ3) is 45.6. The zero-order valence-electron chi connectivity index (χ0n) is 39.9. The van der Waals surface area contributed by atoms with Gasteiger partial charge in [-0.15, -0.1) is 0 Å². The number of aliphatic hydroxyl groups excluding tert-OH is 2. The minimum atomic E-state index is -0.843. The lowest BCUT2D eigenvalue weighted by Gasteiger charge is -2.20. The van der Waals surface area contributed by atoms with Crippen molar-refractivity contribution in [3.05, 3.63) is 36.5 Å². The Hall–Kier alpha value is -1.92. The molecular weight excluding hydrogens is 743 g/mol. The van der Waals surface area contributed by atoms with Crippen molar-refractivity contribution >= 4 is 11.9 Å². The zero-order valence-corrected chi connectivity index (χ0v) is 39.9. The van der Waals surface area contributed by atoms with Gasteiger partial charge in [0.15, 0.2) is 0 Å². The normalized spacial score (nSPS) is 12.9. The van der Waals surface area contributed by atoms with Gasteiger partial charge < -0.3 is 20.3 Å². The Kier molecular flexibility index (Phi) is 48.1. The van der Waals surface area contributed by atoms with Crippen molar-refractivity contribution in [2.24, 2.45) is 0 Å². The van der Waals surface area contributed by atoms with Crippen LogP contribution in [0.3, 0.4) is 0 Å². The molecule has 0 aromatic carbocycles. The monoisotopic (exact) mass is 844 g/mol. The molecule has 0 aliphatic rings. The summed E-state index contributed by atoms with van der Waals surface area (Å²) in [5.41, 5.74) is 0. The van der Waals surface area contributed by atoms with E-state index in [0.717, 1.165) is 51.4 Å². The second kappa shape index (κ2) is 49.7. The van der Waals surface area contributed by atoms with E-state index in [2.05, 4.69) is 43.5 Å². The SMILES string of the molecule is CCCC/C=C\C/C=C\CCCCCCCC(=O)OCCCCCCCCCCCCCCCCCCCCCCC(=O)NC(CO)C(O)/C=C/CCCCCCCCC. The maximum atomic E-state index is 12.4. The van der Waals surface area contributed by atoms with E-state index in [1.54, 1.807) is 6.08 Å². The number of carbonyl (C=O) groups is 2. The van der Waals surface area contributed by atoms with Crippen LogP contribution in [0.1, 0.15) is 271 Å². The smallest absolute Gasteiger partial charge is 0.305 e. The summed E-state index contributed by atoms with van der Waals surface area (Å²) in [4.78, 5) is 24.4. The summed E-state index contributed by atoms with van der Waals surface area (Å²) in [6, 6.07) is -0.627. The first-order chi connectivity index (χ1) is 29.5. The molecule has 0 aromatic heterocycles. The number of ether oxygens (including phenoxy) is 1. The first kappa shape index (κ1) is 58.1. The van der Waals surface area contributed by atoms with E-state index in [4.69, 9.17) is 4.74 Å². The molecule has 0 saturated heterocycles. The molecule has 0 fully saturated rings. The fourth-order valence-electron chi connectivity index (χ4n) is 7.83. The Balaban J connectivity index is 3.39. The number of esters is 1. The molecule has 3 N–H and O–H groups in total. The zero-order chi connectivity index (χ0) is 43.7. The van der Waals surface area contributed by atoms with E-state index in [1.165, 1.54) is 193 Å². The van der Waals surface area contributed by atoms with Gasteiger partial charge in [0.2, 0.25) is 5.91 Å². The van der Waals surface area contributed by atoms with E-state index in [-0.39, 0.29) is 18.5 Å². The van der Waals surface area contributed by atoms with Gasteiger partial charge >= 0.3 is 5.97 Å². The predicted molar refractivity (Wildman–Crippen MR) is 259 cm³/mol. The highest BCUT2D eigenvalue weighted by molar-refractivity contribution is 5.76. The van der Waals surface area contributed by atoms with Crippen LogP contribution in [0.4, 0.5) is 0 Å². The van der Waals surface area contributed by atoms with Crippen molar-refractivity contribution in [2.45, 2.75) is 283 Å². The molecule has 0 saturated carbocycles. The van der Waals surface area contributed by atoms with Crippen LogP contribution in [0.2, 0.25) is 0 Å². The summed E-state index contributed by atoms with van der Waals surface area (Å²) in [7, 11) is 0. The standard InChI is InChI=1S/C54H101NO5/c1-3-5-7-9-11-13-14-15-25-28-32-36-40-44-48-54(59)60-49-45-41-37-33-29-26-23-21-19-17-16-18-20-22-24-27-31-35-39-43-47-53(58)55-51(50-56)52(57)46-42-38-34-30-12-10-8-6-4-2/h9,11,14-15,42,46,51-52,56-57H,3-8,10,12-13,16-41,43-45,47-50H2,1-2H3,(H,55,58)/b11-9-,15-14-,46-42+. The topological polar surface area (TPSA) is 95.9 Å². The second-order valence-corrected chi connectivity index (χ2v) is 17.9. The molecule has 6 heteroatoms. The molecule has 0 spiro atoms. The molecule has 1 amide bonds. The maximum Gasteiger partial charge on any atom is 0.305 e. The van der Waals surface area contributed by atoms with Crippen molar-refractivity contribution in [1.29, 1.82) is 0 Å². The molecule has 0 aliphatic heterocycles. The van der Waals surface area contributed by atoms with Gasteiger partial charge in [-0.05, 0) is 57.8 Å². The van der Waals surface area contributed by atoms with Crippen LogP contribution in [0.25, 0.3) is 0 Å². The van der Waals surface area contributed by atoms with Crippen LogP contribution in [-0.2, 0) is 14.3 Å². The summed E-state index contributed by atoms with van der Waals surface area (Å²) in [6.45, 7) is 4.82. The van der Waals surface area contributed by atoms with Crippen molar-refractivity contribution in [1.82, 2.24) is 5.32 Å². The van der Waals surface area contributed by atoms with Gasteiger partial charge in [-0.2, -0.15) is 0 Å². The highest BCUT2D eigenvalue weighted by Crippen LogP contribution is 2.16. The van der Waals surface area contributed by atoms with Gasteiger partial charge in [-0.25, -0.2) is 0 Å². The third-order valence-corrected chi connectivity index (χ3v) is 11.9. The van der Waals surface area contributed by atoms with Crippen molar-refractivity contribution < 1.29 is 24.5 Å². The number of aliphatic hydroxyl groups is 2. The minimum absolute atomic E-state index is 0.00553. The fraction of sp³-hybridized carbons (Fsp3) is 0.852. The van der Waals surface area contributed by atoms with Crippen LogP contribution in [-0.4, -0.2) is 47.4 Å². The van der Waals surface area contributed by atoms with E-state index in [0.29, 0.717) is 19.4 Å². The molecule has 0 radical (unpaired) electrons. The molecule has 0 bridgehead atoms. The van der Waals surface area contributed by atoms with Crippen LogP contribution >= 0.6 is 0 Å². The summed E-state index contributed by atoms with van der Waals surface area (Å²) < 4.78 is 5.46. The van der Waals surface area contributed by atoms with Gasteiger partial charge in [-0.3, -0.25) is 9.59 Å². The van der Waals surface area contributed by atoms with E-state index >= 15 is 0 Å². The second-order valence-electron chi connectivity index (χ2n) is 17.9. The lowest BCUT2D eigenvalue weighted by Crippen LogP contribution is -2.45. The Morgan fingerprint density at radius 2 is 0.850 bits per heavy atom. The van der Waals surface area contributed by atoms with Crippen LogP contribution in [0.15, 0.2) is 36.5 Å². The summed E-state index contributed by atoms with van der Waals surface area (Å²) in [5, 5.41) is 22.9. The van der Waals surface area contributed by atoms with Crippen LogP contribution < -0.4 is 5.32 Å². The van der Waals surface area contributed by atoms with Crippen molar-refractivity contribution in [3.8, 4) is 0 Å². The fourth-order valence-corrected chi connectivity index (χ4v) is 7.83. The number of hydrogen-bond donors (Lipinski definition) is 3. The molecule has 2 unspecified atom stereocenters. The van der Waals surface area contributed by atoms with Gasteiger partial charge in [0.05, 0.1) is 25.4 Å². The van der Waals surface area contributed by atoms with Gasteiger partial charge in [0, 0.05) is 12.8 Å². The highest BCUT2D eigenvalue weighted by atomic mass is 16.5. The number of rotatable bonds is 48. The first-order valence-electron chi connectivity index (χ1n) is 26.3. The molecule has 352 valence electrons. The van der Waals surface area contributed by atoms with Crippen molar-refractivity contribution in [3.63, 3.8) is 0 Å². The number of amides is 1. The largest absolute Gasteiger partial charge is 0.466 e. The van der Waals surface area contributed by atoms with Gasteiger partial charge in [0.25, 0.3) is 0 Å². The molecule has 0 rings (SSSR count). The quantitative estimate of drug-likeness (QED) is 0.0322. The summed E-state index contributed by atoms with van der Waals surface area (Å²) in [5.74, 6) is -0.0790. The summed E-state index contributed by atoms with van der Waals surface area (Å²) >= 11 is 0. The molecule has 0 heterocycles. The Morgan fingerprint density at radius 1 is 0.467 bits per heavy atom. The average Bonchev–Trinajstić information content (AvgIpc) is 3.25. The lowest BCUT2D eigenvalue weighted by atomic mass is 10.0. The number of nitrogens with one attached hydrogen (secondary N) is 1. The lowest BCUT2D eigenvalue weighted by molar-refractivity contribution is -0.143. The maximum absolute atomic E-state index is 12.4. The Bertz CT molecular complexity index is 977. The number of hydrogen-bond acceptors (Lipinski definition) is 5. The van der Waals surface area contributed by atoms with E-state index in [1.807, 2.05) is 6.08 Å². The molecule has 60 heavy (non-hydrogen) atoms. The molecular formula is C54H101NO5. The number of carbonyl (C=O) groups excluding carboxylic acids is 2. The highest BCUT2D eigenvalue weighted by Gasteiger charge is 2.18. The van der Waals surface area contributed by atoms with Crippen LogP contribution in [0.5, 0.6) is 0 Å². The van der Waals surface area contributed by atoms with Crippen LogP contribution in [0, 0.1) is 0 Å². The minimum Gasteiger partial charge on any atom is -0.466 e.